The van der Waals surface area contributed by atoms with Gasteiger partial charge < -0.3 is 10.3 Å². The van der Waals surface area contributed by atoms with Crippen molar-refractivity contribution in [1.82, 2.24) is 10.3 Å². The normalized spacial score (nSPS) is 20.1. The van der Waals surface area contributed by atoms with Crippen molar-refractivity contribution >= 4 is 34.1 Å². The van der Waals surface area contributed by atoms with E-state index in [0.717, 1.165) is 18.5 Å². The van der Waals surface area contributed by atoms with E-state index in [1.54, 1.807) is 0 Å². The van der Waals surface area contributed by atoms with Crippen LogP contribution in [0, 0.1) is 0 Å². The predicted molar refractivity (Wildman–Crippen MR) is 68.3 cm³/mol. The average molecular weight is 255 g/mol. The van der Waals surface area contributed by atoms with Crippen molar-refractivity contribution in [3.63, 3.8) is 0 Å². The summed E-state index contributed by atoms with van der Waals surface area (Å²) < 4.78 is 0. The highest BCUT2D eigenvalue weighted by molar-refractivity contribution is 6.45. The van der Waals surface area contributed by atoms with Crippen LogP contribution in [0.15, 0.2) is 12.1 Å². The zero-order chi connectivity index (χ0) is 11.3. The van der Waals surface area contributed by atoms with Crippen LogP contribution >= 0.6 is 23.2 Å². The summed E-state index contributed by atoms with van der Waals surface area (Å²) >= 11 is 12.2. The van der Waals surface area contributed by atoms with E-state index in [2.05, 4.69) is 17.2 Å². The van der Waals surface area contributed by atoms with Gasteiger partial charge in [0.05, 0.1) is 15.6 Å². The van der Waals surface area contributed by atoms with Crippen LogP contribution < -0.4 is 5.32 Å². The van der Waals surface area contributed by atoms with Crippen LogP contribution in [0.4, 0.5) is 0 Å². The highest BCUT2D eigenvalue weighted by Crippen LogP contribution is 2.34. The van der Waals surface area contributed by atoms with Crippen molar-refractivity contribution in [2.45, 2.75) is 25.9 Å². The Kier molecular flexibility index (Phi) is 2.39. The summed E-state index contributed by atoms with van der Waals surface area (Å²) in [6.45, 7) is 3.08. The maximum Gasteiger partial charge on any atom is 0.0833 e. The molecule has 0 saturated heterocycles. The highest BCUT2D eigenvalue weighted by atomic mass is 35.5. The standard InChI is InChI=1S/C12H12Cl2N2/c1-6-4-10-8(5-15-6)7-2-3-9(13)11(14)12(7)16-10/h2-3,6,15-16H,4-5H2,1H3. The van der Waals surface area contributed by atoms with Crippen molar-refractivity contribution in [1.29, 1.82) is 0 Å². The van der Waals surface area contributed by atoms with Crippen LogP contribution in [0.2, 0.25) is 10.0 Å². The fraction of sp³-hybridized carbons (Fsp3) is 0.333. The average Bonchev–Trinajstić information content (AvgIpc) is 2.62. The first-order chi connectivity index (χ1) is 7.66. The SMILES string of the molecule is CC1Cc2[nH]c3c(Cl)c(Cl)ccc3c2CN1. The number of rotatable bonds is 0. The molecule has 2 heterocycles. The molecule has 0 aliphatic carbocycles. The molecule has 4 heteroatoms. The minimum Gasteiger partial charge on any atom is -0.357 e. The molecule has 1 aromatic heterocycles. The van der Waals surface area contributed by atoms with Gasteiger partial charge in [-0.15, -0.1) is 0 Å². The van der Waals surface area contributed by atoms with Crippen LogP contribution in [0.25, 0.3) is 10.9 Å². The van der Waals surface area contributed by atoms with E-state index in [0.29, 0.717) is 16.1 Å². The molecule has 1 aromatic carbocycles. The third-order valence-electron chi connectivity index (χ3n) is 3.20. The monoisotopic (exact) mass is 254 g/mol. The van der Waals surface area contributed by atoms with Crippen molar-refractivity contribution in [2.24, 2.45) is 0 Å². The maximum atomic E-state index is 6.20. The van der Waals surface area contributed by atoms with Gasteiger partial charge in [-0.2, -0.15) is 0 Å². The van der Waals surface area contributed by atoms with Crippen LogP contribution in [0.3, 0.4) is 0 Å². The van der Waals surface area contributed by atoms with E-state index >= 15 is 0 Å². The second-order valence-corrected chi connectivity index (χ2v) is 5.14. The lowest BCUT2D eigenvalue weighted by Gasteiger charge is -2.20. The molecule has 0 saturated carbocycles. The Balaban J connectivity index is 2.28. The topological polar surface area (TPSA) is 27.8 Å². The fourth-order valence-electron chi connectivity index (χ4n) is 2.34. The fourth-order valence-corrected chi connectivity index (χ4v) is 2.71. The van der Waals surface area contributed by atoms with Gasteiger partial charge in [0.15, 0.2) is 0 Å². The van der Waals surface area contributed by atoms with Crippen LogP contribution in [-0.4, -0.2) is 11.0 Å². The molecular weight excluding hydrogens is 243 g/mol. The maximum absolute atomic E-state index is 6.20. The molecule has 0 radical (unpaired) electrons. The summed E-state index contributed by atoms with van der Waals surface area (Å²) in [6.07, 6.45) is 1.01. The minimum absolute atomic E-state index is 0.509. The van der Waals surface area contributed by atoms with E-state index in [4.69, 9.17) is 23.2 Å². The first kappa shape index (κ1) is 10.5. The van der Waals surface area contributed by atoms with Gasteiger partial charge >= 0.3 is 0 Å². The zero-order valence-corrected chi connectivity index (χ0v) is 10.4. The Bertz CT molecular complexity index is 560. The molecule has 0 spiro atoms. The lowest BCUT2D eigenvalue weighted by molar-refractivity contribution is 0.511. The first-order valence-electron chi connectivity index (χ1n) is 5.37. The van der Waals surface area contributed by atoms with Crippen molar-refractivity contribution in [3.8, 4) is 0 Å². The Morgan fingerprint density at radius 1 is 1.31 bits per heavy atom. The van der Waals surface area contributed by atoms with E-state index in [1.807, 2.05) is 12.1 Å². The third kappa shape index (κ3) is 1.45. The lowest BCUT2D eigenvalue weighted by atomic mass is 10.0. The molecule has 1 aliphatic heterocycles. The van der Waals surface area contributed by atoms with Crippen molar-refractivity contribution < 1.29 is 0 Å². The Morgan fingerprint density at radius 3 is 2.94 bits per heavy atom. The number of fused-ring (bicyclic) bond motifs is 3. The summed E-state index contributed by atoms with van der Waals surface area (Å²) in [4.78, 5) is 3.40. The van der Waals surface area contributed by atoms with E-state index in [-0.39, 0.29) is 0 Å². The number of benzene rings is 1. The van der Waals surface area contributed by atoms with Gasteiger partial charge in [-0.05, 0) is 18.6 Å². The summed E-state index contributed by atoms with van der Waals surface area (Å²) in [5, 5.41) is 5.87. The minimum atomic E-state index is 0.509. The van der Waals surface area contributed by atoms with Crippen molar-refractivity contribution in [3.05, 3.63) is 33.4 Å². The number of hydrogen-bond acceptors (Lipinski definition) is 1. The molecule has 16 heavy (non-hydrogen) atoms. The Labute approximate surface area is 104 Å². The molecule has 84 valence electrons. The Morgan fingerprint density at radius 2 is 2.12 bits per heavy atom. The van der Waals surface area contributed by atoms with Gasteiger partial charge in [-0.3, -0.25) is 0 Å². The summed E-state index contributed by atoms with van der Waals surface area (Å²) in [5.74, 6) is 0. The lowest BCUT2D eigenvalue weighted by Crippen LogP contribution is -2.32. The molecule has 1 atom stereocenters. The van der Waals surface area contributed by atoms with Gasteiger partial charge in [0.1, 0.15) is 0 Å². The van der Waals surface area contributed by atoms with Gasteiger partial charge in [0.25, 0.3) is 0 Å². The van der Waals surface area contributed by atoms with Crippen molar-refractivity contribution in [2.75, 3.05) is 0 Å². The molecule has 0 fully saturated rings. The van der Waals surface area contributed by atoms with E-state index in [1.165, 1.54) is 16.6 Å². The van der Waals surface area contributed by atoms with E-state index < -0.39 is 0 Å². The van der Waals surface area contributed by atoms with Gasteiger partial charge in [-0.25, -0.2) is 0 Å². The highest BCUT2D eigenvalue weighted by Gasteiger charge is 2.20. The smallest absolute Gasteiger partial charge is 0.0833 e. The summed E-state index contributed by atoms with van der Waals surface area (Å²) in [5.41, 5.74) is 3.58. The van der Waals surface area contributed by atoms with Gasteiger partial charge in [0.2, 0.25) is 0 Å². The number of aromatic amines is 1. The van der Waals surface area contributed by atoms with Gasteiger partial charge in [0, 0.05) is 30.1 Å². The predicted octanol–water partition coefficient (Wildman–Crippen LogP) is 3.51. The largest absolute Gasteiger partial charge is 0.357 e. The molecule has 2 N–H and O–H groups in total. The van der Waals surface area contributed by atoms with Crippen LogP contribution in [0.5, 0.6) is 0 Å². The first-order valence-corrected chi connectivity index (χ1v) is 6.13. The molecular formula is C12H12Cl2N2. The van der Waals surface area contributed by atoms with Gasteiger partial charge in [-0.1, -0.05) is 29.3 Å². The quantitative estimate of drug-likeness (QED) is 0.740. The number of aromatic nitrogens is 1. The summed E-state index contributed by atoms with van der Waals surface area (Å²) in [7, 11) is 0. The summed E-state index contributed by atoms with van der Waals surface area (Å²) in [6, 6.07) is 4.41. The Hall–Kier alpha value is -0.700. The van der Waals surface area contributed by atoms with Crippen LogP contribution in [0.1, 0.15) is 18.2 Å². The number of H-pyrrole nitrogens is 1. The zero-order valence-electron chi connectivity index (χ0n) is 8.90. The number of hydrogen-bond donors (Lipinski definition) is 2. The molecule has 2 aromatic rings. The second-order valence-electron chi connectivity index (χ2n) is 4.35. The number of nitrogens with one attached hydrogen (secondary N) is 2. The second kappa shape index (κ2) is 3.66. The molecule has 3 rings (SSSR count). The molecule has 1 aliphatic rings. The third-order valence-corrected chi connectivity index (χ3v) is 4.00. The number of halogens is 2. The molecule has 0 amide bonds. The molecule has 1 unspecified atom stereocenters. The molecule has 2 nitrogen and oxygen atoms in total. The van der Waals surface area contributed by atoms with Crippen LogP contribution in [-0.2, 0) is 13.0 Å². The van der Waals surface area contributed by atoms with E-state index in [9.17, 15) is 0 Å². The molecule has 0 bridgehead atoms.